The van der Waals surface area contributed by atoms with Crippen molar-refractivity contribution in [2.24, 2.45) is 5.73 Å². The number of nitrogens with one attached hydrogen (secondary N) is 1. The first-order valence-corrected chi connectivity index (χ1v) is 23.7. The number of phosphoric acid groups is 1. The first-order valence-electron chi connectivity index (χ1n) is 21.1. The number of benzene rings is 2. The molecule has 0 aromatic heterocycles. The molecule has 14 heteroatoms. The molecule has 320 valence electrons. The molecular formula is C43H67FN3O8PS. The van der Waals surface area contributed by atoms with Crippen molar-refractivity contribution in [3.63, 3.8) is 0 Å². The van der Waals surface area contributed by atoms with Gasteiger partial charge in [-0.1, -0.05) is 164 Å². The second kappa shape index (κ2) is 28.2. The van der Waals surface area contributed by atoms with E-state index in [0.29, 0.717) is 19.0 Å². The lowest BCUT2D eigenvalue weighted by atomic mass is 10.0. The summed E-state index contributed by atoms with van der Waals surface area (Å²) in [7, 11) is -4.16. The van der Waals surface area contributed by atoms with Gasteiger partial charge in [0.25, 0.3) is 0 Å². The minimum atomic E-state index is -4.16. The van der Waals surface area contributed by atoms with Gasteiger partial charge in [0.05, 0.1) is 33.0 Å². The fourth-order valence-corrected chi connectivity index (χ4v) is 8.79. The van der Waals surface area contributed by atoms with Crippen LogP contribution in [0.4, 0.5) is 9.18 Å². The van der Waals surface area contributed by atoms with Crippen LogP contribution < -0.4 is 11.1 Å². The standard InChI is InChI=1S/C43H67FN3O8PS/c1-2-3-4-5-6-7-8-9-10-11-12-13-14-15-16-23-28-50-32-38(51-30-36-24-19-17-20-25-36)33-53-56(49,52-31-37-26-21-18-22-27-37)54-34-41-55-40(35-57-41)47-29-39(44)42(45)46-43(47)48/h17-22,24-27,29,38,40-42H,2-16,23,28,30-35,45H2,1H3,(H,46,48)/t38-,40-,41+,42?,56?/m1/s1. The average Bonchev–Trinajstić information content (AvgIpc) is 3.70. The number of amides is 2. The van der Waals surface area contributed by atoms with E-state index >= 15 is 0 Å². The Morgan fingerprint density at radius 1 is 0.807 bits per heavy atom. The summed E-state index contributed by atoms with van der Waals surface area (Å²) in [5, 5.41) is 2.35. The Morgan fingerprint density at radius 3 is 1.96 bits per heavy atom. The molecular weight excluding hydrogens is 769 g/mol. The number of carbonyl (C=O) groups excluding carboxylic acids is 1. The number of urea groups is 1. The van der Waals surface area contributed by atoms with Gasteiger partial charge in [-0.05, 0) is 17.5 Å². The lowest BCUT2D eigenvalue weighted by molar-refractivity contribution is -0.0561. The summed E-state index contributed by atoms with van der Waals surface area (Å²) in [5.41, 5.74) is 6.72. The third kappa shape index (κ3) is 19.5. The predicted octanol–water partition coefficient (Wildman–Crippen LogP) is 10.7. The van der Waals surface area contributed by atoms with Crippen molar-refractivity contribution in [3.8, 4) is 0 Å². The van der Waals surface area contributed by atoms with E-state index in [1.165, 1.54) is 102 Å². The number of nitrogens with zero attached hydrogens (tertiary/aromatic N) is 1. The van der Waals surface area contributed by atoms with Gasteiger partial charge in [-0.2, -0.15) is 0 Å². The van der Waals surface area contributed by atoms with Gasteiger partial charge >= 0.3 is 13.9 Å². The molecule has 2 amide bonds. The molecule has 2 aliphatic rings. The molecule has 0 aliphatic carbocycles. The minimum Gasteiger partial charge on any atom is -0.379 e. The average molecular weight is 836 g/mol. The molecule has 0 spiro atoms. The molecule has 2 aromatic rings. The molecule has 1 saturated heterocycles. The van der Waals surface area contributed by atoms with E-state index in [4.69, 9.17) is 33.5 Å². The molecule has 2 unspecified atom stereocenters. The quantitative estimate of drug-likeness (QED) is 0.0542. The molecule has 2 aromatic carbocycles. The van der Waals surface area contributed by atoms with Gasteiger partial charge in [-0.3, -0.25) is 18.5 Å². The minimum absolute atomic E-state index is 0.0109. The number of halogens is 1. The lowest BCUT2D eigenvalue weighted by Gasteiger charge is -2.30. The molecule has 11 nitrogen and oxygen atoms in total. The lowest BCUT2D eigenvalue weighted by Crippen LogP contribution is -2.54. The Kier molecular flexibility index (Phi) is 23.4. The highest BCUT2D eigenvalue weighted by atomic mass is 32.2. The van der Waals surface area contributed by atoms with E-state index in [1.807, 2.05) is 60.7 Å². The number of rotatable bonds is 32. The van der Waals surface area contributed by atoms with E-state index in [9.17, 15) is 13.8 Å². The fourth-order valence-electron chi connectivity index (χ4n) is 6.50. The summed E-state index contributed by atoms with van der Waals surface area (Å²) >= 11 is 1.33. The molecule has 0 saturated carbocycles. The Hall–Kier alpha value is -2.32. The number of hydrogen-bond donors (Lipinski definition) is 2. The number of ether oxygens (including phenoxy) is 3. The summed E-state index contributed by atoms with van der Waals surface area (Å²) in [6.07, 6.45) is 19.5. The summed E-state index contributed by atoms with van der Waals surface area (Å²) < 4.78 is 64.0. The summed E-state index contributed by atoms with van der Waals surface area (Å²) in [6, 6.07) is 18.5. The monoisotopic (exact) mass is 835 g/mol. The van der Waals surface area contributed by atoms with Crippen LogP contribution in [-0.2, 0) is 45.6 Å². The van der Waals surface area contributed by atoms with Crippen molar-refractivity contribution in [3.05, 3.63) is 83.8 Å². The number of hydrogen-bond acceptors (Lipinski definition) is 10. The van der Waals surface area contributed by atoms with Crippen LogP contribution in [0.15, 0.2) is 72.7 Å². The maximum atomic E-state index is 14.1. The van der Waals surface area contributed by atoms with E-state index in [-0.39, 0.29) is 26.4 Å². The Morgan fingerprint density at radius 2 is 1.37 bits per heavy atom. The molecule has 57 heavy (non-hydrogen) atoms. The Bertz CT molecular complexity index is 1450. The smallest absolute Gasteiger partial charge is 0.379 e. The Balaban J connectivity index is 1.19. The van der Waals surface area contributed by atoms with Crippen molar-refractivity contribution in [2.45, 2.75) is 147 Å². The van der Waals surface area contributed by atoms with Crippen molar-refractivity contribution in [1.82, 2.24) is 10.2 Å². The second-order valence-corrected chi connectivity index (χ2v) is 17.7. The van der Waals surface area contributed by atoms with Crippen molar-refractivity contribution < 1.29 is 41.5 Å². The molecule has 4 rings (SSSR count). The Labute approximate surface area is 344 Å². The molecule has 2 aliphatic heterocycles. The van der Waals surface area contributed by atoms with Gasteiger partial charge in [0.2, 0.25) is 0 Å². The molecule has 3 N–H and O–H groups in total. The highest BCUT2D eigenvalue weighted by Gasteiger charge is 2.38. The number of carbonyl (C=O) groups is 1. The molecule has 1 fully saturated rings. The zero-order chi connectivity index (χ0) is 40.4. The molecule has 0 radical (unpaired) electrons. The number of nitrogens with two attached hydrogens (primary N) is 1. The van der Waals surface area contributed by atoms with Crippen molar-refractivity contribution in [1.29, 1.82) is 0 Å². The first kappa shape index (κ1) is 47.4. The summed E-state index contributed by atoms with van der Waals surface area (Å²) in [4.78, 5) is 13.5. The third-order valence-corrected chi connectivity index (χ3v) is 12.4. The number of thioether (sulfide) groups is 1. The van der Waals surface area contributed by atoms with Gasteiger partial charge in [-0.15, -0.1) is 11.8 Å². The van der Waals surface area contributed by atoms with Crippen LogP contribution >= 0.6 is 19.6 Å². The van der Waals surface area contributed by atoms with Crippen LogP contribution in [0, 0.1) is 0 Å². The topological polar surface area (TPSA) is 131 Å². The van der Waals surface area contributed by atoms with Crippen molar-refractivity contribution >= 4 is 25.6 Å². The van der Waals surface area contributed by atoms with Gasteiger partial charge in [0.1, 0.15) is 23.9 Å². The van der Waals surface area contributed by atoms with Gasteiger partial charge in [0.15, 0.2) is 5.83 Å². The zero-order valence-corrected chi connectivity index (χ0v) is 35.7. The highest BCUT2D eigenvalue weighted by Crippen LogP contribution is 2.51. The van der Waals surface area contributed by atoms with E-state index < -0.39 is 43.6 Å². The van der Waals surface area contributed by atoms with Crippen LogP contribution in [0.2, 0.25) is 0 Å². The summed E-state index contributed by atoms with van der Waals surface area (Å²) in [6.45, 7) is 3.16. The zero-order valence-electron chi connectivity index (χ0n) is 33.9. The number of phosphoric ester groups is 1. The van der Waals surface area contributed by atoms with Crippen LogP contribution in [0.25, 0.3) is 0 Å². The van der Waals surface area contributed by atoms with Crippen LogP contribution in [0.5, 0.6) is 0 Å². The largest absolute Gasteiger partial charge is 0.475 e. The van der Waals surface area contributed by atoms with Gasteiger partial charge in [0, 0.05) is 18.6 Å². The molecule has 2 heterocycles. The summed E-state index contributed by atoms with van der Waals surface area (Å²) in [5.74, 6) is -0.351. The maximum Gasteiger partial charge on any atom is 0.475 e. The second-order valence-electron chi connectivity index (χ2n) is 14.8. The van der Waals surface area contributed by atoms with E-state index in [2.05, 4.69) is 12.2 Å². The predicted molar refractivity (Wildman–Crippen MR) is 225 cm³/mol. The number of unbranched alkanes of at least 4 members (excludes halogenated alkanes) is 15. The van der Waals surface area contributed by atoms with Crippen LogP contribution in [0.1, 0.15) is 121 Å². The van der Waals surface area contributed by atoms with E-state index in [0.717, 1.165) is 35.1 Å². The third-order valence-electron chi connectivity index (χ3n) is 9.91. The first-order chi connectivity index (χ1) is 27.8. The molecule has 5 atom stereocenters. The van der Waals surface area contributed by atoms with Crippen molar-refractivity contribution in [2.75, 3.05) is 32.2 Å². The SMILES string of the molecule is CCCCCCCCCCCCCCCCCCOC[C@H](COP(=O)(OCc1ccccc1)OC[C@H]1O[C@@H](N2C=C(F)C(N)NC2=O)CS1)OCc1ccccc1. The highest BCUT2D eigenvalue weighted by molar-refractivity contribution is 8.00. The van der Waals surface area contributed by atoms with Gasteiger partial charge in [-0.25, -0.2) is 13.8 Å². The fraction of sp³-hybridized carbons (Fsp3) is 0.651. The van der Waals surface area contributed by atoms with Gasteiger partial charge < -0.3 is 25.3 Å². The van der Waals surface area contributed by atoms with Crippen LogP contribution in [-0.4, -0.2) is 67.0 Å². The normalized spacial score (nSPS) is 20.0. The van der Waals surface area contributed by atoms with Crippen LogP contribution in [0.3, 0.4) is 0 Å². The van der Waals surface area contributed by atoms with E-state index in [1.54, 1.807) is 0 Å². The maximum absolute atomic E-state index is 14.1. The molecule has 0 bridgehead atoms.